The predicted octanol–water partition coefficient (Wildman–Crippen LogP) is 3.99. The molecule has 0 saturated heterocycles. The number of rotatable bonds is 5. The van der Waals surface area contributed by atoms with Crippen molar-refractivity contribution in [3.63, 3.8) is 0 Å². The van der Waals surface area contributed by atoms with E-state index in [-0.39, 0.29) is 18.2 Å². The summed E-state index contributed by atoms with van der Waals surface area (Å²) >= 11 is 0. The van der Waals surface area contributed by atoms with Crippen LogP contribution in [-0.2, 0) is 4.79 Å². The van der Waals surface area contributed by atoms with Crippen molar-refractivity contribution >= 4 is 11.7 Å². The van der Waals surface area contributed by atoms with Gasteiger partial charge in [0.25, 0.3) is 0 Å². The van der Waals surface area contributed by atoms with Crippen molar-refractivity contribution in [1.29, 1.82) is 0 Å². The molecular formula is C23H25N3O4. The molecule has 2 aromatic carbocycles. The third kappa shape index (κ3) is 3.16. The third-order valence-corrected chi connectivity index (χ3v) is 5.74. The zero-order valence-corrected chi connectivity index (χ0v) is 17.8. The van der Waals surface area contributed by atoms with Gasteiger partial charge in [0, 0.05) is 29.5 Å². The number of aryl methyl sites for hydroxylation is 1. The summed E-state index contributed by atoms with van der Waals surface area (Å²) < 4.78 is 18.3. The summed E-state index contributed by atoms with van der Waals surface area (Å²) in [6.07, 6.45) is 2.11. The average Bonchev–Trinajstić information content (AvgIpc) is 3.17. The van der Waals surface area contributed by atoms with Crippen molar-refractivity contribution in [2.24, 2.45) is 0 Å². The van der Waals surface area contributed by atoms with Crippen molar-refractivity contribution in [2.75, 3.05) is 26.6 Å². The van der Waals surface area contributed by atoms with Gasteiger partial charge >= 0.3 is 0 Å². The fraction of sp³-hybridized carbons (Fsp3) is 0.304. The van der Waals surface area contributed by atoms with Gasteiger partial charge in [0.15, 0.2) is 11.5 Å². The van der Waals surface area contributed by atoms with Crippen LogP contribution in [0.25, 0.3) is 5.69 Å². The highest BCUT2D eigenvalue weighted by molar-refractivity contribution is 5.95. The Labute approximate surface area is 175 Å². The molecule has 1 N–H and O–H groups in total. The number of nitrogens with one attached hydrogen (secondary N) is 1. The Morgan fingerprint density at radius 2 is 1.70 bits per heavy atom. The Morgan fingerprint density at radius 3 is 2.40 bits per heavy atom. The Bertz CT molecular complexity index is 1120. The predicted molar refractivity (Wildman–Crippen MR) is 114 cm³/mol. The maximum Gasteiger partial charge on any atom is 0.226 e. The summed E-state index contributed by atoms with van der Waals surface area (Å²) in [5, 5.41) is 7.62. The molecule has 7 nitrogen and oxygen atoms in total. The van der Waals surface area contributed by atoms with E-state index in [1.165, 1.54) is 0 Å². The van der Waals surface area contributed by atoms with Crippen molar-refractivity contribution < 1.29 is 19.0 Å². The van der Waals surface area contributed by atoms with Crippen LogP contribution in [0.2, 0.25) is 0 Å². The molecule has 1 aliphatic heterocycles. The lowest BCUT2D eigenvalue weighted by Crippen LogP contribution is -2.25. The molecule has 1 atom stereocenters. The molecule has 1 aliphatic rings. The summed E-state index contributed by atoms with van der Waals surface area (Å²) in [4.78, 5) is 12.7. The van der Waals surface area contributed by atoms with E-state index in [0.717, 1.165) is 27.9 Å². The monoisotopic (exact) mass is 407 g/mol. The van der Waals surface area contributed by atoms with Crippen LogP contribution in [0.15, 0.2) is 36.5 Å². The first-order valence-electron chi connectivity index (χ1n) is 9.72. The van der Waals surface area contributed by atoms with E-state index in [9.17, 15) is 4.79 Å². The molecule has 1 aromatic heterocycles. The number of anilines is 1. The van der Waals surface area contributed by atoms with Crippen LogP contribution in [0, 0.1) is 13.8 Å². The average molecular weight is 407 g/mol. The molecule has 1 unspecified atom stereocenters. The van der Waals surface area contributed by atoms with Crippen LogP contribution in [0.4, 0.5) is 5.82 Å². The topological polar surface area (TPSA) is 74.6 Å². The van der Waals surface area contributed by atoms with E-state index in [1.54, 1.807) is 32.1 Å². The minimum absolute atomic E-state index is 0.0728. The minimum atomic E-state index is -0.220. The van der Waals surface area contributed by atoms with Gasteiger partial charge in [0.2, 0.25) is 5.91 Å². The summed E-state index contributed by atoms with van der Waals surface area (Å²) in [5.41, 5.74) is 5.00. The second kappa shape index (κ2) is 7.74. The molecule has 4 rings (SSSR count). The SMILES string of the molecule is COc1cc(OC)c(C2CC(=O)Nc3c2cnn3-c2cccc(C)c2C)cc1OC. The summed E-state index contributed by atoms with van der Waals surface area (Å²) in [6.45, 7) is 4.11. The normalized spacial score (nSPS) is 15.4. The van der Waals surface area contributed by atoms with E-state index in [1.807, 2.05) is 24.4 Å². The quantitative estimate of drug-likeness (QED) is 0.692. The van der Waals surface area contributed by atoms with Crippen LogP contribution in [-0.4, -0.2) is 37.0 Å². The molecule has 3 aromatic rings. The molecule has 0 aliphatic carbocycles. The number of hydrogen-bond donors (Lipinski definition) is 1. The number of amides is 1. The minimum Gasteiger partial charge on any atom is -0.496 e. The Balaban J connectivity index is 1.88. The number of methoxy groups -OCH3 is 3. The number of ether oxygens (including phenoxy) is 3. The fourth-order valence-corrected chi connectivity index (χ4v) is 3.97. The lowest BCUT2D eigenvalue weighted by Gasteiger charge is -2.26. The van der Waals surface area contributed by atoms with Gasteiger partial charge in [-0.3, -0.25) is 4.79 Å². The summed E-state index contributed by atoms with van der Waals surface area (Å²) in [5.74, 6) is 2.19. The van der Waals surface area contributed by atoms with Gasteiger partial charge in [-0.2, -0.15) is 5.10 Å². The van der Waals surface area contributed by atoms with E-state index in [2.05, 4.69) is 30.3 Å². The van der Waals surface area contributed by atoms with E-state index < -0.39 is 0 Å². The molecule has 7 heteroatoms. The summed E-state index contributed by atoms with van der Waals surface area (Å²) in [7, 11) is 4.77. The van der Waals surface area contributed by atoms with Crippen LogP contribution >= 0.6 is 0 Å². The van der Waals surface area contributed by atoms with Crippen LogP contribution in [0.5, 0.6) is 17.2 Å². The Kier molecular flexibility index (Phi) is 5.11. The van der Waals surface area contributed by atoms with Crippen molar-refractivity contribution in [3.05, 3.63) is 58.8 Å². The molecule has 1 amide bonds. The largest absolute Gasteiger partial charge is 0.496 e. The molecule has 0 saturated carbocycles. The molecule has 30 heavy (non-hydrogen) atoms. The van der Waals surface area contributed by atoms with Crippen molar-refractivity contribution in [3.8, 4) is 22.9 Å². The van der Waals surface area contributed by atoms with Crippen LogP contribution in [0.1, 0.15) is 34.6 Å². The zero-order chi connectivity index (χ0) is 21.4. The van der Waals surface area contributed by atoms with Gasteiger partial charge < -0.3 is 19.5 Å². The molecule has 2 heterocycles. The number of aromatic nitrogens is 2. The lowest BCUT2D eigenvalue weighted by atomic mass is 9.86. The fourth-order valence-electron chi connectivity index (χ4n) is 3.97. The van der Waals surface area contributed by atoms with Gasteiger partial charge in [0.05, 0.1) is 33.2 Å². The summed E-state index contributed by atoms with van der Waals surface area (Å²) in [6, 6.07) is 9.72. The van der Waals surface area contributed by atoms with Crippen molar-refractivity contribution in [1.82, 2.24) is 9.78 Å². The highest BCUT2D eigenvalue weighted by atomic mass is 16.5. The second-order valence-electron chi connectivity index (χ2n) is 7.33. The van der Waals surface area contributed by atoms with Crippen molar-refractivity contribution in [2.45, 2.75) is 26.2 Å². The highest BCUT2D eigenvalue weighted by Gasteiger charge is 2.33. The number of nitrogens with zero attached hydrogens (tertiary/aromatic N) is 2. The number of fused-ring (bicyclic) bond motifs is 1. The first-order chi connectivity index (χ1) is 14.5. The van der Waals surface area contributed by atoms with E-state index in [4.69, 9.17) is 14.2 Å². The number of carbonyl (C=O) groups excluding carboxylic acids is 1. The second-order valence-corrected chi connectivity index (χ2v) is 7.33. The lowest BCUT2D eigenvalue weighted by molar-refractivity contribution is -0.116. The maximum absolute atomic E-state index is 12.7. The van der Waals surface area contributed by atoms with Gasteiger partial charge in [-0.25, -0.2) is 4.68 Å². The Hall–Kier alpha value is -3.48. The van der Waals surface area contributed by atoms with Gasteiger partial charge in [-0.05, 0) is 37.1 Å². The standard InChI is InChI=1S/C23H25N3O4/c1-13-7-6-8-18(14(13)2)26-23-17(12-24-26)15(10-22(27)25-23)16-9-20(29-4)21(30-5)11-19(16)28-3/h6-9,11-12,15H,10H2,1-5H3,(H,25,27). The Morgan fingerprint density at radius 1 is 1.00 bits per heavy atom. The molecule has 0 fully saturated rings. The van der Waals surface area contributed by atoms with Gasteiger partial charge in [-0.1, -0.05) is 12.1 Å². The first kappa shape index (κ1) is 19.8. The molecule has 156 valence electrons. The van der Waals surface area contributed by atoms with E-state index >= 15 is 0 Å². The smallest absolute Gasteiger partial charge is 0.226 e. The van der Waals surface area contributed by atoms with Crippen LogP contribution < -0.4 is 19.5 Å². The molecular weight excluding hydrogens is 382 g/mol. The van der Waals surface area contributed by atoms with E-state index in [0.29, 0.717) is 23.1 Å². The highest BCUT2D eigenvalue weighted by Crippen LogP contribution is 2.45. The molecule has 0 spiro atoms. The van der Waals surface area contributed by atoms with Crippen LogP contribution in [0.3, 0.4) is 0 Å². The van der Waals surface area contributed by atoms with Gasteiger partial charge in [-0.15, -0.1) is 0 Å². The van der Waals surface area contributed by atoms with Gasteiger partial charge in [0.1, 0.15) is 11.6 Å². The number of carbonyl (C=O) groups is 1. The number of hydrogen-bond acceptors (Lipinski definition) is 5. The molecule has 0 bridgehead atoms. The molecule has 0 radical (unpaired) electrons. The first-order valence-corrected chi connectivity index (χ1v) is 9.72. The number of benzene rings is 2. The zero-order valence-electron chi connectivity index (χ0n) is 17.8. The maximum atomic E-state index is 12.7. The third-order valence-electron chi connectivity index (χ3n) is 5.74.